The van der Waals surface area contributed by atoms with Crippen LogP contribution in [0.15, 0.2) is 35.6 Å². The quantitative estimate of drug-likeness (QED) is 0.848. The van der Waals surface area contributed by atoms with Gasteiger partial charge in [0.15, 0.2) is 0 Å². The van der Waals surface area contributed by atoms with Crippen LogP contribution in [0.5, 0.6) is 5.75 Å². The average molecular weight is 350 g/mol. The highest BCUT2D eigenvalue weighted by Crippen LogP contribution is 2.30. The Labute approximate surface area is 152 Å². The van der Waals surface area contributed by atoms with Crippen LogP contribution >= 0.6 is 0 Å². The zero-order chi connectivity index (χ0) is 17.5. The van der Waals surface area contributed by atoms with Gasteiger partial charge in [-0.3, -0.25) is 4.99 Å². The van der Waals surface area contributed by atoms with E-state index in [2.05, 4.69) is 33.1 Å². The molecule has 1 aromatic carbocycles. The summed E-state index contributed by atoms with van der Waals surface area (Å²) in [4.78, 5) is 16.1. The summed E-state index contributed by atoms with van der Waals surface area (Å²) in [7, 11) is 0. The van der Waals surface area contributed by atoms with Crippen molar-refractivity contribution in [1.82, 2.24) is 9.97 Å². The molecule has 0 saturated carbocycles. The number of anilines is 1. The van der Waals surface area contributed by atoms with E-state index in [0.717, 1.165) is 54.5 Å². The third-order valence-electron chi connectivity index (χ3n) is 5.32. The molecule has 1 aromatic heterocycles. The van der Waals surface area contributed by atoms with Gasteiger partial charge in [0.25, 0.3) is 0 Å². The first kappa shape index (κ1) is 15.8. The number of hydrogen-bond acceptors (Lipinski definition) is 6. The third-order valence-corrected chi connectivity index (χ3v) is 5.32. The molecule has 3 aliphatic rings. The van der Waals surface area contributed by atoms with Crippen LogP contribution in [0, 0.1) is 0 Å². The largest absolute Gasteiger partial charge is 0.494 e. The second-order valence-electron chi connectivity index (χ2n) is 7.04. The van der Waals surface area contributed by atoms with Crippen molar-refractivity contribution in [2.45, 2.75) is 38.5 Å². The summed E-state index contributed by atoms with van der Waals surface area (Å²) in [6.07, 6.45) is 4.63. The summed E-state index contributed by atoms with van der Waals surface area (Å²) in [6, 6.07) is 8.24. The molecule has 0 radical (unpaired) electrons. The lowest BCUT2D eigenvalue weighted by atomic mass is 10.0. The topological polar surface area (TPSA) is 59.8 Å². The summed E-state index contributed by atoms with van der Waals surface area (Å²) < 4.78 is 11.6. The van der Waals surface area contributed by atoms with E-state index in [1.807, 2.05) is 13.0 Å². The first-order valence-electron chi connectivity index (χ1n) is 9.33. The Morgan fingerprint density at radius 3 is 2.81 bits per heavy atom. The van der Waals surface area contributed by atoms with E-state index < -0.39 is 0 Å². The maximum absolute atomic E-state index is 5.94. The molecule has 5 rings (SSSR count). The number of rotatable bonds is 4. The van der Waals surface area contributed by atoms with E-state index in [1.54, 1.807) is 6.33 Å². The molecule has 134 valence electrons. The highest BCUT2D eigenvalue weighted by molar-refractivity contribution is 6.14. The van der Waals surface area contributed by atoms with Gasteiger partial charge in [-0.05, 0) is 37.5 Å². The minimum atomic E-state index is 0.338. The molecule has 0 amide bonds. The van der Waals surface area contributed by atoms with Crippen molar-refractivity contribution in [1.29, 1.82) is 0 Å². The van der Waals surface area contributed by atoms with Gasteiger partial charge in [0, 0.05) is 24.7 Å². The normalized spacial score (nSPS) is 23.7. The fourth-order valence-electron chi connectivity index (χ4n) is 4.09. The molecule has 0 N–H and O–H groups in total. The fourth-order valence-corrected chi connectivity index (χ4v) is 4.09. The Bertz CT molecular complexity index is 855. The molecule has 2 aromatic rings. The van der Waals surface area contributed by atoms with E-state index in [9.17, 15) is 0 Å². The molecule has 0 aliphatic carbocycles. The Kier molecular flexibility index (Phi) is 3.85. The maximum atomic E-state index is 5.94. The number of hydrogen-bond donors (Lipinski definition) is 0. The summed E-state index contributed by atoms with van der Waals surface area (Å²) in [5.41, 5.74) is 4.14. The van der Waals surface area contributed by atoms with Gasteiger partial charge in [-0.25, -0.2) is 9.97 Å². The lowest BCUT2D eigenvalue weighted by Gasteiger charge is -2.33. The third kappa shape index (κ3) is 2.74. The highest BCUT2D eigenvalue weighted by atomic mass is 16.5. The number of aromatic nitrogens is 2. The van der Waals surface area contributed by atoms with Crippen LogP contribution in [0.2, 0.25) is 0 Å². The Balaban J connectivity index is 1.45. The zero-order valence-electron chi connectivity index (χ0n) is 14.9. The molecule has 2 bridgehead atoms. The van der Waals surface area contributed by atoms with Crippen LogP contribution in [-0.4, -0.2) is 47.6 Å². The van der Waals surface area contributed by atoms with Gasteiger partial charge in [0.2, 0.25) is 0 Å². The van der Waals surface area contributed by atoms with E-state index in [0.29, 0.717) is 25.4 Å². The number of fused-ring (bicyclic) bond motifs is 3. The number of benzene rings is 1. The molecular weight excluding hydrogens is 328 g/mol. The first-order chi connectivity index (χ1) is 12.8. The Morgan fingerprint density at radius 1 is 1.15 bits per heavy atom. The van der Waals surface area contributed by atoms with Crippen molar-refractivity contribution < 1.29 is 9.47 Å². The number of morpholine rings is 1. The minimum Gasteiger partial charge on any atom is -0.494 e. The van der Waals surface area contributed by atoms with Gasteiger partial charge >= 0.3 is 0 Å². The van der Waals surface area contributed by atoms with Gasteiger partial charge in [0.05, 0.1) is 36.8 Å². The highest BCUT2D eigenvalue weighted by Gasteiger charge is 2.34. The molecule has 2 unspecified atom stereocenters. The lowest BCUT2D eigenvalue weighted by molar-refractivity contribution is 0.0302. The van der Waals surface area contributed by atoms with Crippen LogP contribution < -0.4 is 9.64 Å². The molecule has 6 heteroatoms. The predicted octanol–water partition coefficient (Wildman–Crippen LogP) is 2.59. The van der Waals surface area contributed by atoms with Gasteiger partial charge < -0.3 is 14.4 Å². The maximum Gasteiger partial charge on any atom is 0.132 e. The Hall–Kier alpha value is -2.47. The van der Waals surface area contributed by atoms with Gasteiger partial charge in [-0.15, -0.1) is 0 Å². The van der Waals surface area contributed by atoms with Crippen LogP contribution in [-0.2, 0) is 11.3 Å². The second-order valence-corrected chi connectivity index (χ2v) is 7.04. The second kappa shape index (κ2) is 6.36. The fraction of sp³-hybridized carbons (Fsp3) is 0.450. The molecule has 2 saturated heterocycles. The van der Waals surface area contributed by atoms with Crippen molar-refractivity contribution in [2.24, 2.45) is 4.99 Å². The SMILES string of the molecule is CCOc1ccc2c(c1)C(c1cc(N3CC4CCC(C3)O4)ncn1)=NC2. The van der Waals surface area contributed by atoms with Crippen molar-refractivity contribution in [2.75, 3.05) is 24.6 Å². The molecule has 26 heavy (non-hydrogen) atoms. The number of ether oxygens (including phenoxy) is 2. The monoisotopic (exact) mass is 350 g/mol. The lowest BCUT2D eigenvalue weighted by Crippen LogP contribution is -2.43. The average Bonchev–Trinajstić information content (AvgIpc) is 3.24. The van der Waals surface area contributed by atoms with Gasteiger partial charge in [-0.1, -0.05) is 6.07 Å². The van der Waals surface area contributed by atoms with Crippen molar-refractivity contribution >= 4 is 11.5 Å². The molecule has 3 aliphatic heterocycles. The van der Waals surface area contributed by atoms with Crippen LogP contribution in [0.25, 0.3) is 0 Å². The van der Waals surface area contributed by atoms with Crippen LogP contribution in [0.3, 0.4) is 0 Å². The smallest absolute Gasteiger partial charge is 0.132 e. The van der Waals surface area contributed by atoms with Crippen molar-refractivity contribution in [3.8, 4) is 5.75 Å². The van der Waals surface area contributed by atoms with Crippen molar-refractivity contribution in [3.05, 3.63) is 47.4 Å². The molecule has 4 heterocycles. The molecule has 2 fully saturated rings. The standard InChI is InChI=1S/C20H22N4O2/c1-2-25-14-4-3-13-9-21-20(17(13)7-14)18-8-19(23-12-22-18)24-10-15-5-6-16(11-24)26-15/h3-4,7-8,12,15-16H,2,5-6,9-11H2,1H3. The zero-order valence-corrected chi connectivity index (χ0v) is 14.9. The summed E-state index contributed by atoms with van der Waals surface area (Å²) >= 11 is 0. The molecule has 2 atom stereocenters. The van der Waals surface area contributed by atoms with Crippen molar-refractivity contribution in [3.63, 3.8) is 0 Å². The molecule has 6 nitrogen and oxygen atoms in total. The van der Waals surface area contributed by atoms with E-state index >= 15 is 0 Å². The van der Waals surface area contributed by atoms with E-state index in [1.165, 1.54) is 5.56 Å². The van der Waals surface area contributed by atoms with E-state index in [-0.39, 0.29) is 0 Å². The number of nitrogens with zero attached hydrogens (tertiary/aromatic N) is 4. The Morgan fingerprint density at radius 2 is 2.00 bits per heavy atom. The van der Waals surface area contributed by atoms with E-state index in [4.69, 9.17) is 14.5 Å². The summed E-state index contributed by atoms with van der Waals surface area (Å²) in [5, 5.41) is 0. The first-order valence-corrected chi connectivity index (χ1v) is 9.33. The predicted molar refractivity (Wildman–Crippen MR) is 99.1 cm³/mol. The minimum absolute atomic E-state index is 0.338. The number of aliphatic imine (C=N–C) groups is 1. The molecular formula is C20H22N4O2. The van der Waals surface area contributed by atoms with Crippen LogP contribution in [0.1, 0.15) is 36.6 Å². The van der Waals surface area contributed by atoms with Gasteiger partial charge in [-0.2, -0.15) is 0 Å². The molecule has 0 spiro atoms. The van der Waals surface area contributed by atoms with Gasteiger partial charge in [0.1, 0.15) is 17.9 Å². The summed E-state index contributed by atoms with van der Waals surface area (Å²) in [5.74, 6) is 1.84. The summed E-state index contributed by atoms with van der Waals surface area (Å²) in [6.45, 7) is 5.16. The van der Waals surface area contributed by atoms with Crippen LogP contribution in [0.4, 0.5) is 5.82 Å².